The fourth-order valence-electron chi connectivity index (χ4n) is 1.50. The fraction of sp³-hybridized carbons (Fsp3) is 0.167. The van der Waals surface area contributed by atoms with E-state index in [1.807, 2.05) is 6.07 Å². The van der Waals surface area contributed by atoms with E-state index in [-0.39, 0.29) is 6.04 Å². The molecule has 2 N–H and O–H groups in total. The molecule has 0 saturated carbocycles. The lowest BCUT2D eigenvalue weighted by molar-refractivity contribution is 0.891. The minimum atomic E-state index is -0.0234. The van der Waals surface area contributed by atoms with Gasteiger partial charge in [-0.2, -0.15) is 0 Å². The van der Waals surface area contributed by atoms with E-state index in [0.717, 1.165) is 0 Å². The lowest BCUT2D eigenvalue weighted by Crippen LogP contribution is -2.10. The average molecular weight is 408 g/mol. The molecule has 1 heterocycles. The van der Waals surface area contributed by atoms with E-state index in [9.17, 15) is 0 Å². The van der Waals surface area contributed by atoms with Crippen molar-refractivity contribution >= 4 is 49.9 Å². The first-order valence-corrected chi connectivity index (χ1v) is 7.53. The molecule has 0 amide bonds. The maximum atomic E-state index is 6.25. The van der Waals surface area contributed by atoms with Gasteiger partial charge in [0.15, 0.2) is 0 Å². The average Bonchev–Trinajstić information content (AvgIpc) is 2.58. The minimum absolute atomic E-state index is 0.0234. The number of aryl methyl sites for hydroxylation is 1. The van der Waals surface area contributed by atoms with Crippen LogP contribution in [0.15, 0.2) is 34.1 Å². The number of hydrogen-bond acceptors (Lipinski definition) is 2. The summed E-state index contributed by atoms with van der Waals surface area (Å²) in [6, 6.07) is 10.5. The highest BCUT2D eigenvalue weighted by Gasteiger charge is 2.13. The van der Waals surface area contributed by atoms with Crippen molar-refractivity contribution in [2.24, 2.45) is 5.73 Å². The van der Waals surface area contributed by atoms with Crippen molar-refractivity contribution in [3.8, 4) is 0 Å². The lowest BCUT2D eigenvalue weighted by atomic mass is 10.1. The molecule has 0 radical (unpaired) electrons. The predicted molar refractivity (Wildman–Crippen MR) is 81.9 cm³/mol. The van der Waals surface area contributed by atoms with Crippen molar-refractivity contribution in [3.63, 3.8) is 0 Å². The van der Waals surface area contributed by atoms with Crippen molar-refractivity contribution in [1.82, 2.24) is 0 Å². The number of thiophene rings is 1. The van der Waals surface area contributed by atoms with Crippen LogP contribution in [0.5, 0.6) is 0 Å². The molecule has 1 aromatic carbocycles. The molecule has 16 heavy (non-hydrogen) atoms. The second-order valence-electron chi connectivity index (χ2n) is 3.64. The molecule has 0 fully saturated rings. The molecule has 1 nitrogen and oxygen atoms in total. The van der Waals surface area contributed by atoms with Gasteiger partial charge in [-0.3, -0.25) is 0 Å². The largest absolute Gasteiger partial charge is 0.320 e. The van der Waals surface area contributed by atoms with Gasteiger partial charge in [0.2, 0.25) is 0 Å². The molecule has 2 rings (SSSR count). The van der Waals surface area contributed by atoms with Crippen molar-refractivity contribution in [2.75, 3.05) is 0 Å². The lowest BCUT2D eigenvalue weighted by Gasteiger charge is -2.10. The van der Waals surface area contributed by atoms with E-state index >= 15 is 0 Å². The van der Waals surface area contributed by atoms with Crippen LogP contribution in [-0.4, -0.2) is 0 Å². The van der Waals surface area contributed by atoms with Crippen LogP contribution in [0, 0.1) is 10.5 Å². The Morgan fingerprint density at radius 3 is 2.69 bits per heavy atom. The summed E-state index contributed by atoms with van der Waals surface area (Å²) in [5.41, 5.74) is 8.67. The SMILES string of the molecule is Cc1cc(C(N)c2cccc(I)c2)sc1Br. The van der Waals surface area contributed by atoms with Gasteiger partial charge in [-0.05, 0) is 74.8 Å². The van der Waals surface area contributed by atoms with Gasteiger partial charge in [0, 0.05) is 8.45 Å². The molecule has 0 spiro atoms. The molecule has 1 unspecified atom stereocenters. The molecule has 0 saturated heterocycles. The fourth-order valence-corrected chi connectivity index (χ4v) is 3.67. The van der Waals surface area contributed by atoms with Crippen LogP contribution in [0.4, 0.5) is 0 Å². The molecule has 0 aliphatic heterocycles. The number of hydrogen-bond donors (Lipinski definition) is 1. The molecule has 4 heteroatoms. The third-order valence-corrected chi connectivity index (χ3v) is 5.28. The molecule has 2 aromatic rings. The Hall–Kier alpha value is 0.0900. The summed E-state index contributed by atoms with van der Waals surface area (Å²) in [4.78, 5) is 1.20. The molecular formula is C12H11BrINS. The Morgan fingerprint density at radius 1 is 1.38 bits per heavy atom. The van der Waals surface area contributed by atoms with Gasteiger partial charge in [0.1, 0.15) is 0 Å². The first-order valence-electron chi connectivity index (χ1n) is 4.85. The summed E-state index contributed by atoms with van der Waals surface area (Å²) < 4.78 is 2.39. The van der Waals surface area contributed by atoms with Crippen LogP contribution in [0.2, 0.25) is 0 Å². The summed E-state index contributed by atoms with van der Waals surface area (Å²) in [6.07, 6.45) is 0. The summed E-state index contributed by atoms with van der Waals surface area (Å²) in [6.45, 7) is 2.09. The molecule has 1 atom stereocenters. The van der Waals surface area contributed by atoms with Crippen LogP contribution < -0.4 is 5.73 Å². The van der Waals surface area contributed by atoms with Gasteiger partial charge in [-0.25, -0.2) is 0 Å². The standard InChI is InChI=1S/C12H11BrINS/c1-7-5-10(16-12(7)13)11(15)8-3-2-4-9(14)6-8/h2-6,11H,15H2,1H3. The molecule has 84 valence electrons. The van der Waals surface area contributed by atoms with Crippen LogP contribution in [0.25, 0.3) is 0 Å². The Labute approximate surface area is 121 Å². The monoisotopic (exact) mass is 407 g/mol. The van der Waals surface area contributed by atoms with Gasteiger partial charge in [-0.1, -0.05) is 12.1 Å². The molecular weight excluding hydrogens is 397 g/mol. The van der Waals surface area contributed by atoms with Gasteiger partial charge >= 0.3 is 0 Å². The zero-order valence-electron chi connectivity index (χ0n) is 8.71. The Balaban J connectivity index is 2.35. The van der Waals surface area contributed by atoms with Gasteiger partial charge in [0.25, 0.3) is 0 Å². The first kappa shape index (κ1) is 12.5. The van der Waals surface area contributed by atoms with Crippen molar-refractivity contribution < 1.29 is 0 Å². The molecule has 0 bridgehead atoms. The molecule has 0 aliphatic rings. The van der Waals surface area contributed by atoms with Crippen molar-refractivity contribution in [2.45, 2.75) is 13.0 Å². The second-order valence-corrected chi connectivity index (χ2v) is 7.29. The first-order chi connectivity index (χ1) is 7.58. The topological polar surface area (TPSA) is 26.0 Å². The normalized spacial score (nSPS) is 12.8. The third kappa shape index (κ3) is 2.67. The number of nitrogens with two attached hydrogens (primary N) is 1. The van der Waals surface area contributed by atoms with E-state index in [2.05, 4.69) is 69.7 Å². The van der Waals surface area contributed by atoms with Gasteiger partial charge in [-0.15, -0.1) is 11.3 Å². The second kappa shape index (κ2) is 5.16. The van der Waals surface area contributed by atoms with Gasteiger partial charge < -0.3 is 5.73 Å². The Morgan fingerprint density at radius 2 is 2.12 bits per heavy atom. The number of halogens is 2. The van der Waals surface area contributed by atoms with Crippen molar-refractivity contribution in [1.29, 1.82) is 0 Å². The highest BCUT2D eigenvalue weighted by molar-refractivity contribution is 14.1. The van der Waals surface area contributed by atoms with Crippen LogP contribution in [0.3, 0.4) is 0 Å². The zero-order chi connectivity index (χ0) is 11.7. The summed E-state index contributed by atoms with van der Waals surface area (Å²) >= 11 is 7.55. The summed E-state index contributed by atoms with van der Waals surface area (Å²) in [5.74, 6) is 0. The maximum absolute atomic E-state index is 6.25. The van der Waals surface area contributed by atoms with E-state index in [1.165, 1.54) is 23.4 Å². The third-order valence-electron chi connectivity index (χ3n) is 2.39. The highest BCUT2D eigenvalue weighted by atomic mass is 127. The smallest absolute Gasteiger partial charge is 0.0731 e. The number of benzene rings is 1. The minimum Gasteiger partial charge on any atom is -0.320 e. The van der Waals surface area contributed by atoms with E-state index in [0.29, 0.717) is 0 Å². The summed E-state index contributed by atoms with van der Waals surface area (Å²) in [7, 11) is 0. The molecule has 1 aromatic heterocycles. The van der Waals surface area contributed by atoms with E-state index in [4.69, 9.17) is 5.73 Å². The van der Waals surface area contributed by atoms with Gasteiger partial charge in [0.05, 0.1) is 9.83 Å². The Bertz CT molecular complexity index is 490. The van der Waals surface area contributed by atoms with Crippen molar-refractivity contribution in [3.05, 3.63) is 53.7 Å². The zero-order valence-corrected chi connectivity index (χ0v) is 13.3. The number of rotatable bonds is 2. The van der Waals surface area contributed by atoms with E-state index in [1.54, 1.807) is 11.3 Å². The predicted octanol–water partition coefficient (Wildman–Crippen LogP) is 4.47. The quantitative estimate of drug-likeness (QED) is 0.730. The van der Waals surface area contributed by atoms with Crippen LogP contribution in [0.1, 0.15) is 22.0 Å². The Kier molecular flexibility index (Phi) is 4.05. The van der Waals surface area contributed by atoms with E-state index < -0.39 is 0 Å². The summed E-state index contributed by atoms with van der Waals surface area (Å²) in [5, 5.41) is 0. The molecule has 0 aliphatic carbocycles. The van der Waals surface area contributed by atoms with Crippen LogP contribution >= 0.6 is 49.9 Å². The highest BCUT2D eigenvalue weighted by Crippen LogP contribution is 2.33. The van der Waals surface area contributed by atoms with Crippen LogP contribution in [-0.2, 0) is 0 Å². The maximum Gasteiger partial charge on any atom is 0.0731 e.